The molecule has 0 unspecified atom stereocenters. The van der Waals surface area contributed by atoms with Gasteiger partial charge in [0, 0.05) is 18.1 Å². The lowest BCUT2D eigenvalue weighted by Gasteiger charge is -2.25. The number of quaternary nitrogens is 1. The molecule has 7 nitrogen and oxygen atoms in total. The van der Waals surface area contributed by atoms with Crippen LogP contribution < -0.4 is 10.8 Å². The SMILES string of the molecule is C/C=C(\C=C/[NH2+]O)Cn1cccc1C(=O)Nc1nc(C(C)(C)OC(C)C)cs1. The van der Waals surface area contributed by atoms with Crippen LogP contribution in [-0.2, 0) is 16.9 Å². The molecule has 4 N–H and O–H groups in total. The highest BCUT2D eigenvalue weighted by molar-refractivity contribution is 7.14. The summed E-state index contributed by atoms with van der Waals surface area (Å²) in [5.41, 5.74) is 2.76. The number of ether oxygens (including phenoxy) is 1. The highest BCUT2D eigenvalue weighted by Crippen LogP contribution is 2.29. The molecular weight excluding hydrogens is 376 g/mol. The normalized spacial score (nSPS) is 12.9. The number of aromatic nitrogens is 2. The Morgan fingerprint density at radius 3 is 2.89 bits per heavy atom. The second-order valence-electron chi connectivity index (χ2n) is 7.06. The van der Waals surface area contributed by atoms with Crippen LogP contribution in [0.3, 0.4) is 0 Å². The van der Waals surface area contributed by atoms with Gasteiger partial charge in [-0.05, 0) is 58.4 Å². The number of amides is 1. The molecule has 0 aliphatic rings. The van der Waals surface area contributed by atoms with E-state index in [4.69, 9.17) is 9.94 Å². The van der Waals surface area contributed by atoms with Crippen molar-refractivity contribution < 1.29 is 20.2 Å². The first kappa shape index (κ1) is 22.0. The molecule has 0 spiro atoms. The van der Waals surface area contributed by atoms with Crippen LogP contribution >= 0.6 is 11.3 Å². The molecule has 0 aliphatic carbocycles. The van der Waals surface area contributed by atoms with Gasteiger partial charge in [0.1, 0.15) is 17.5 Å². The van der Waals surface area contributed by atoms with Crippen LogP contribution in [0.1, 0.15) is 50.8 Å². The van der Waals surface area contributed by atoms with E-state index in [1.807, 2.05) is 62.9 Å². The summed E-state index contributed by atoms with van der Waals surface area (Å²) in [6, 6.07) is 3.60. The molecule has 0 fully saturated rings. The van der Waals surface area contributed by atoms with Gasteiger partial charge in [-0.1, -0.05) is 6.08 Å². The Morgan fingerprint density at radius 2 is 2.25 bits per heavy atom. The average Bonchev–Trinajstić information content (AvgIpc) is 3.27. The summed E-state index contributed by atoms with van der Waals surface area (Å²) >= 11 is 1.38. The van der Waals surface area contributed by atoms with E-state index in [1.165, 1.54) is 11.3 Å². The van der Waals surface area contributed by atoms with E-state index in [2.05, 4.69) is 10.3 Å². The van der Waals surface area contributed by atoms with Gasteiger partial charge in [-0.15, -0.1) is 11.3 Å². The van der Waals surface area contributed by atoms with Crippen molar-refractivity contribution in [3.63, 3.8) is 0 Å². The van der Waals surface area contributed by atoms with Crippen molar-refractivity contribution >= 4 is 22.4 Å². The third kappa shape index (κ3) is 5.87. The van der Waals surface area contributed by atoms with E-state index in [-0.39, 0.29) is 12.0 Å². The van der Waals surface area contributed by atoms with Crippen LogP contribution in [0, 0.1) is 0 Å². The minimum absolute atomic E-state index is 0.0799. The number of allylic oxidation sites excluding steroid dienone is 3. The van der Waals surface area contributed by atoms with Crippen molar-refractivity contribution in [1.82, 2.24) is 9.55 Å². The molecule has 152 valence electrons. The van der Waals surface area contributed by atoms with Crippen molar-refractivity contribution in [2.75, 3.05) is 5.32 Å². The van der Waals surface area contributed by atoms with Gasteiger partial charge in [0.2, 0.25) is 0 Å². The summed E-state index contributed by atoms with van der Waals surface area (Å²) in [7, 11) is 0. The molecule has 0 aliphatic heterocycles. The Labute approximate surface area is 169 Å². The minimum atomic E-state index is -0.523. The summed E-state index contributed by atoms with van der Waals surface area (Å²) in [5.74, 6) is -0.221. The molecular formula is C20H29N4O3S+. The molecule has 0 aromatic carbocycles. The van der Waals surface area contributed by atoms with E-state index in [1.54, 1.807) is 18.3 Å². The summed E-state index contributed by atoms with van der Waals surface area (Å²) < 4.78 is 7.77. The molecule has 0 radical (unpaired) electrons. The third-order valence-corrected chi connectivity index (χ3v) is 4.81. The zero-order valence-electron chi connectivity index (χ0n) is 17.0. The van der Waals surface area contributed by atoms with Crippen molar-refractivity contribution in [3.8, 4) is 0 Å². The van der Waals surface area contributed by atoms with Gasteiger partial charge < -0.3 is 9.30 Å². The Balaban J connectivity index is 2.11. The second kappa shape index (κ2) is 9.79. The average molecular weight is 406 g/mol. The first-order valence-corrected chi connectivity index (χ1v) is 10.0. The van der Waals surface area contributed by atoms with Crippen LogP contribution in [0.2, 0.25) is 0 Å². The van der Waals surface area contributed by atoms with Crippen molar-refractivity contribution in [2.24, 2.45) is 0 Å². The summed E-state index contributed by atoms with van der Waals surface area (Å²) in [4.78, 5) is 17.3. The summed E-state index contributed by atoms with van der Waals surface area (Å²) in [5, 5.41) is 14.1. The van der Waals surface area contributed by atoms with Crippen LogP contribution in [0.4, 0.5) is 5.13 Å². The van der Waals surface area contributed by atoms with Gasteiger partial charge in [-0.3, -0.25) is 10.1 Å². The fourth-order valence-corrected chi connectivity index (χ4v) is 3.64. The molecule has 28 heavy (non-hydrogen) atoms. The number of carbonyl (C=O) groups is 1. The monoisotopic (exact) mass is 405 g/mol. The Morgan fingerprint density at radius 1 is 1.50 bits per heavy atom. The number of anilines is 1. The van der Waals surface area contributed by atoms with E-state index in [0.29, 0.717) is 17.4 Å². The number of hydrogen-bond acceptors (Lipinski definition) is 5. The van der Waals surface area contributed by atoms with Crippen LogP contribution in [0.15, 0.2) is 47.6 Å². The number of nitrogens with zero attached hydrogens (tertiary/aromatic N) is 2. The maximum Gasteiger partial charge on any atom is 0.274 e. The van der Waals surface area contributed by atoms with Crippen LogP contribution in [0.5, 0.6) is 0 Å². The standard InChI is InChI=1S/C20H28N4O3S/c1-6-15(9-10-21-26)12-24-11-7-8-16(24)18(25)23-19-22-17(13-28-19)20(4,5)27-14(2)3/h6-11,13-14,21,26H,12H2,1-5H3,(H,22,23,25)/p+1/b10-9-,15-6+. The van der Waals surface area contributed by atoms with Crippen LogP contribution in [0.25, 0.3) is 0 Å². The Hall–Kier alpha value is -2.26. The van der Waals surface area contributed by atoms with E-state index >= 15 is 0 Å². The molecule has 1 amide bonds. The predicted molar refractivity (Wildman–Crippen MR) is 110 cm³/mol. The first-order chi connectivity index (χ1) is 13.3. The number of hydroxylamine groups is 1. The number of nitrogens with two attached hydrogens (primary N) is 1. The van der Waals surface area contributed by atoms with Gasteiger partial charge in [-0.25, -0.2) is 10.2 Å². The zero-order chi connectivity index (χ0) is 20.7. The van der Waals surface area contributed by atoms with Crippen LogP contribution in [-0.4, -0.2) is 26.8 Å². The largest absolute Gasteiger partial charge is 0.367 e. The van der Waals surface area contributed by atoms with Gasteiger partial charge in [0.15, 0.2) is 5.13 Å². The number of thiazole rings is 1. The molecule has 0 bridgehead atoms. The molecule has 2 rings (SSSR count). The van der Waals surface area contributed by atoms with Crippen molar-refractivity contribution in [2.45, 2.75) is 52.9 Å². The second-order valence-corrected chi connectivity index (χ2v) is 7.92. The molecule has 2 heterocycles. The highest BCUT2D eigenvalue weighted by atomic mass is 32.1. The van der Waals surface area contributed by atoms with Crippen molar-refractivity contribution in [3.05, 3.63) is 59.0 Å². The number of carbonyl (C=O) groups excluding carboxylic acids is 1. The fraction of sp³-hybridized carbons (Fsp3) is 0.400. The Kier molecular flexibility index (Phi) is 7.70. The van der Waals surface area contributed by atoms with E-state index in [0.717, 1.165) is 16.7 Å². The lowest BCUT2D eigenvalue weighted by Crippen LogP contribution is -2.73. The Bertz CT molecular complexity index is 849. The maximum absolute atomic E-state index is 12.7. The number of rotatable bonds is 9. The topological polar surface area (TPSA) is 93.0 Å². The molecule has 0 saturated heterocycles. The molecule has 8 heteroatoms. The quantitative estimate of drug-likeness (QED) is 0.441. The minimum Gasteiger partial charge on any atom is -0.367 e. The predicted octanol–water partition coefficient (Wildman–Crippen LogP) is 3.27. The summed E-state index contributed by atoms with van der Waals surface area (Å²) in [6.45, 7) is 10.3. The maximum atomic E-state index is 12.7. The lowest BCUT2D eigenvalue weighted by molar-refractivity contribution is -0.838. The van der Waals surface area contributed by atoms with Gasteiger partial charge in [-0.2, -0.15) is 5.48 Å². The van der Waals surface area contributed by atoms with Gasteiger partial charge >= 0.3 is 0 Å². The number of nitrogens with one attached hydrogen (secondary N) is 1. The van der Waals surface area contributed by atoms with E-state index in [9.17, 15) is 4.79 Å². The molecule has 2 aromatic rings. The lowest BCUT2D eigenvalue weighted by atomic mass is 10.1. The molecule has 2 aromatic heterocycles. The smallest absolute Gasteiger partial charge is 0.274 e. The molecule has 0 atom stereocenters. The third-order valence-electron chi connectivity index (χ3n) is 4.05. The van der Waals surface area contributed by atoms with E-state index < -0.39 is 5.60 Å². The first-order valence-electron chi connectivity index (χ1n) is 9.16. The zero-order valence-corrected chi connectivity index (χ0v) is 17.8. The highest BCUT2D eigenvalue weighted by Gasteiger charge is 2.26. The van der Waals surface area contributed by atoms with Crippen molar-refractivity contribution in [1.29, 1.82) is 0 Å². The number of hydrogen-bond donors (Lipinski definition) is 3. The molecule has 0 saturated carbocycles. The fourth-order valence-electron chi connectivity index (χ4n) is 2.78. The van der Waals surface area contributed by atoms with Gasteiger partial charge in [0.05, 0.1) is 11.8 Å². The van der Waals surface area contributed by atoms with Gasteiger partial charge in [0.25, 0.3) is 5.91 Å². The summed E-state index contributed by atoms with van der Waals surface area (Å²) in [6.07, 6.45) is 7.21.